The molecule has 3 heteroatoms. The molecule has 0 saturated carbocycles. The second kappa shape index (κ2) is 4.27. The van der Waals surface area contributed by atoms with Crippen LogP contribution in [0.3, 0.4) is 0 Å². The molecule has 2 atom stereocenters. The average Bonchev–Trinajstić information content (AvgIpc) is 2.11. The molecule has 0 aromatic carbocycles. The lowest BCUT2D eigenvalue weighted by Gasteiger charge is -2.57. The molecule has 0 aliphatic heterocycles. The molecule has 0 fully saturated rings. The molecule has 2 unspecified atom stereocenters. The van der Waals surface area contributed by atoms with E-state index in [4.69, 9.17) is 0 Å². The Hall–Kier alpha value is -0.570. The third-order valence-corrected chi connectivity index (χ3v) is 4.93. The van der Waals surface area contributed by atoms with Crippen molar-refractivity contribution >= 4 is 5.97 Å². The van der Waals surface area contributed by atoms with Crippen LogP contribution in [0.5, 0.6) is 0 Å². The Morgan fingerprint density at radius 3 is 1.29 bits per heavy atom. The van der Waals surface area contributed by atoms with E-state index >= 15 is 0 Å². The van der Waals surface area contributed by atoms with E-state index in [1.54, 1.807) is 0 Å². The number of hydrogen-bond acceptors (Lipinski definition) is 2. The van der Waals surface area contributed by atoms with Crippen LogP contribution in [0, 0.1) is 16.2 Å². The van der Waals surface area contributed by atoms with Crippen LogP contribution in [0.25, 0.3) is 0 Å². The number of hydrogen-bond donors (Lipinski definition) is 2. The van der Waals surface area contributed by atoms with E-state index in [1.165, 1.54) is 0 Å². The molecule has 17 heavy (non-hydrogen) atoms. The second-order valence-corrected chi connectivity index (χ2v) is 7.31. The maximum absolute atomic E-state index is 11.9. The normalized spacial score (nSPS) is 20.5. The first kappa shape index (κ1) is 16.4. The van der Waals surface area contributed by atoms with Gasteiger partial charge in [0, 0.05) is 5.54 Å². The van der Waals surface area contributed by atoms with Crippen molar-refractivity contribution in [1.29, 1.82) is 0 Å². The Labute approximate surface area is 106 Å². The summed E-state index contributed by atoms with van der Waals surface area (Å²) < 4.78 is 0. The van der Waals surface area contributed by atoms with E-state index in [0.717, 1.165) is 0 Å². The fourth-order valence-corrected chi connectivity index (χ4v) is 2.66. The lowest BCUT2D eigenvalue weighted by Crippen LogP contribution is -2.68. The fraction of sp³-hybridized carbons (Fsp3) is 0.929. The van der Waals surface area contributed by atoms with E-state index in [9.17, 15) is 9.90 Å². The summed E-state index contributed by atoms with van der Waals surface area (Å²) in [6.45, 7) is 16.1. The summed E-state index contributed by atoms with van der Waals surface area (Å²) in [5.74, 6) is -0.753. The van der Waals surface area contributed by atoms with E-state index in [0.29, 0.717) is 0 Å². The van der Waals surface area contributed by atoms with Gasteiger partial charge in [-0.05, 0) is 31.7 Å². The van der Waals surface area contributed by atoms with Crippen LogP contribution in [0.15, 0.2) is 0 Å². The van der Waals surface area contributed by atoms with E-state index in [1.807, 2.05) is 41.7 Å². The van der Waals surface area contributed by atoms with Crippen molar-refractivity contribution in [2.24, 2.45) is 16.2 Å². The first-order valence-corrected chi connectivity index (χ1v) is 6.18. The van der Waals surface area contributed by atoms with Crippen molar-refractivity contribution in [3.8, 4) is 0 Å². The van der Waals surface area contributed by atoms with E-state index < -0.39 is 16.9 Å². The molecule has 102 valence electrons. The van der Waals surface area contributed by atoms with Gasteiger partial charge in [0.2, 0.25) is 0 Å². The highest BCUT2D eigenvalue weighted by Crippen LogP contribution is 2.53. The lowest BCUT2D eigenvalue weighted by molar-refractivity contribution is -0.169. The van der Waals surface area contributed by atoms with Gasteiger partial charge in [-0.1, -0.05) is 41.5 Å². The molecule has 2 N–H and O–H groups in total. The van der Waals surface area contributed by atoms with Crippen molar-refractivity contribution < 1.29 is 9.90 Å². The lowest BCUT2D eigenvalue weighted by atomic mass is 9.50. The molecule has 0 aromatic rings. The first-order valence-electron chi connectivity index (χ1n) is 6.18. The zero-order valence-corrected chi connectivity index (χ0v) is 12.9. The first-order chi connectivity index (χ1) is 7.25. The van der Waals surface area contributed by atoms with Crippen LogP contribution in [0.4, 0.5) is 0 Å². The van der Waals surface area contributed by atoms with Crippen molar-refractivity contribution in [2.45, 2.75) is 60.9 Å². The molecule has 3 nitrogen and oxygen atoms in total. The summed E-state index contributed by atoms with van der Waals surface area (Å²) in [6, 6.07) is 0. The van der Waals surface area contributed by atoms with Crippen LogP contribution in [0.1, 0.15) is 55.4 Å². The summed E-state index contributed by atoms with van der Waals surface area (Å²) >= 11 is 0. The quantitative estimate of drug-likeness (QED) is 0.800. The maximum Gasteiger partial charge on any atom is 0.311 e. The van der Waals surface area contributed by atoms with Crippen molar-refractivity contribution in [1.82, 2.24) is 5.32 Å². The largest absolute Gasteiger partial charge is 0.481 e. The Balaban J connectivity index is 6.04. The van der Waals surface area contributed by atoms with Gasteiger partial charge in [-0.3, -0.25) is 4.79 Å². The van der Waals surface area contributed by atoms with Gasteiger partial charge >= 0.3 is 5.97 Å². The standard InChI is InChI=1S/C14H29NO2/c1-11(2,3)13(7,10(16)17)14(8,15-9)12(4,5)6/h15H,1-9H3,(H,16,17). The number of nitrogens with one attached hydrogen (secondary N) is 1. The molecule has 0 saturated heterocycles. The SMILES string of the molecule is CNC(C)(C(C)(C)C)C(C)(C(=O)O)C(C)(C)C. The third kappa shape index (κ3) is 2.22. The zero-order valence-electron chi connectivity index (χ0n) is 12.9. The predicted octanol–water partition coefficient (Wildman–Crippen LogP) is 3.15. The van der Waals surface area contributed by atoms with Crippen molar-refractivity contribution in [2.75, 3.05) is 7.05 Å². The predicted molar refractivity (Wildman–Crippen MR) is 72.1 cm³/mol. The van der Waals surface area contributed by atoms with Crippen LogP contribution in [0.2, 0.25) is 0 Å². The minimum Gasteiger partial charge on any atom is -0.481 e. The van der Waals surface area contributed by atoms with Gasteiger partial charge < -0.3 is 10.4 Å². The van der Waals surface area contributed by atoms with Crippen LogP contribution in [-0.2, 0) is 4.79 Å². The van der Waals surface area contributed by atoms with Gasteiger partial charge in [-0.25, -0.2) is 0 Å². The number of carbonyl (C=O) groups is 1. The monoisotopic (exact) mass is 243 g/mol. The average molecular weight is 243 g/mol. The van der Waals surface area contributed by atoms with Gasteiger partial charge in [-0.15, -0.1) is 0 Å². The Kier molecular flexibility index (Phi) is 4.13. The van der Waals surface area contributed by atoms with Crippen LogP contribution >= 0.6 is 0 Å². The number of carboxylic acids is 1. The van der Waals surface area contributed by atoms with Gasteiger partial charge in [0.05, 0.1) is 5.41 Å². The van der Waals surface area contributed by atoms with Crippen molar-refractivity contribution in [3.63, 3.8) is 0 Å². The summed E-state index contributed by atoms with van der Waals surface area (Å²) in [5, 5.41) is 13.0. The third-order valence-electron chi connectivity index (χ3n) is 4.93. The number of carboxylic acid groups (broad SMARTS) is 1. The molecule has 0 amide bonds. The molecular formula is C14H29NO2. The molecule has 0 aliphatic carbocycles. The fourth-order valence-electron chi connectivity index (χ4n) is 2.66. The zero-order chi connectivity index (χ0) is 14.3. The Morgan fingerprint density at radius 1 is 0.882 bits per heavy atom. The smallest absolute Gasteiger partial charge is 0.311 e. The highest BCUT2D eigenvalue weighted by Gasteiger charge is 2.61. The summed E-state index contributed by atoms with van der Waals surface area (Å²) in [7, 11) is 1.85. The van der Waals surface area contributed by atoms with Gasteiger partial charge in [0.1, 0.15) is 0 Å². The molecule has 0 rings (SSSR count). The van der Waals surface area contributed by atoms with Gasteiger partial charge in [0.25, 0.3) is 0 Å². The minimum atomic E-state index is -0.868. The summed E-state index contributed by atoms with van der Waals surface area (Å²) in [6.07, 6.45) is 0. The molecule has 0 aliphatic rings. The second-order valence-electron chi connectivity index (χ2n) is 7.31. The van der Waals surface area contributed by atoms with E-state index in [-0.39, 0.29) is 10.8 Å². The molecule has 0 spiro atoms. The Bertz CT molecular complexity index is 298. The minimum absolute atomic E-state index is 0.165. The van der Waals surface area contributed by atoms with Crippen LogP contribution in [-0.4, -0.2) is 23.7 Å². The Morgan fingerprint density at radius 2 is 1.24 bits per heavy atom. The topological polar surface area (TPSA) is 49.3 Å². The van der Waals surface area contributed by atoms with Gasteiger partial charge in [0.15, 0.2) is 0 Å². The van der Waals surface area contributed by atoms with Crippen molar-refractivity contribution in [3.05, 3.63) is 0 Å². The molecule has 0 radical (unpaired) electrons. The molecule has 0 heterocycles. The molecular weight excluding hydrogens is 214 g/mol. The summed E-state index contributed by atoms with van der Waals surface area (Å²) in [5.41, 5.74) is -1.89. The van der Waals surface area contributed by atoms with Gasteiger partial charge in [-0.2, -0.15) is 0 Å². The highest BCUT2D eigenvalue weighted by atomic mass is 16.4. The van der Waals surface area contributed by atoms with Crippen LogP contribution < -0.4 is 5.32 Å². The number of rotatable bonds is 3. The molecule has 0 aromatic heterocycles. The number of aliphatic carboxylic acids is 1. The highest BCUT2D eigenvalue weighted by molar-refractivity contribution is 5.77. The summed E-state index contributed by atoms with van der Waals surface area (Å²) in [4.78, 5) is 11.9. The maximum atomic E-state index is 11.9. The van der Waals surface area contributed by atoms with E-state index in [2.05, 4.69) is 26.1 Å². The molecule has 0 bridgehead atoms.